The minimum Gasteiger partial charge on any atom is -0.351 e. The van der Waals surface area contributed by atoms with E-state index in [-0.39, 0.29) is 17.9 Å². The summed E-state index contributed by atoms with van der Waals surface area (Å²) in [5, 5.41) is 5.39. The number of hydrogen-bond donors (Lipinski definition) is 1. The number of aromatic nitrogens is 1. The molecule has 0 aromatic carbocycles. The van der Waals surface area contributed by atoms with Gasteiger partial charge in [0.25, 0.3) is 5.91 Å². The summed E-state index contributed by atoms with van der Waals surface area (Å²) in [7, 11) is 0. The first-order chi connectivity index (χ1) is 13.8. The van der Waals surface area contributed by atoms with Gasteiger partial charge in [-0.15, -0.1) is 11.3 Å². The average molecular weight is 416 g/mol. The van der Waals surface area contributed by atoms with Gasteiger partial charge in [0.15, 0.2) is 0 Å². The van der Waals surface area contributed by atoms with E-state index in [2.05, 4.69) is 42.1 Å². The molecule has 0 saturated heterocycles. The molecule has 2 aromatic rings. The third-order valence-electron chi connectivity index (χ3n) is 6.90. The fourth-order valence-corrected chi connectivity index (χ4v) is 5.69. The molecule has 0 unspecified atom stereocenters. The molecule has 29 heavy (non-hydrogen) atoms. The highest BCUT2D eigenvalue weighted by Crippen LogP contribution is 2.35. The lowest BCUT2D eigenvalue weighted by Gasteiger charge is -2.45. The summed E-state index contributed by atoms with van der Waals surface area (Å²) in [4.78, 5) is 29.0. The van der Waals surface area contributed by atoms with Gasteiger partial charge in [-0.2, -0.15) is 0 Å². The number of carbonyl (C=O) groups excluding carboxylic acids is 2. The van der Waals surface area contributed by atoms with Crippen LogP contribution in [0.1, 0.15) is 70.3 Å². The lowest BCUT2D eigenvalue weighted by Crippen LogP contribution is -2.65. The molecule has 158 valence electrons. The fourth-order valence-electron chi connectivity index (χ4n) is 4.86. The van der Waals surface area contributed by atoms with E-state index in [1.807, 2.05) is 17.9 Å². The molecule has 2 amide bonds. The van der Waals surface area contributed by atoms with Crippen molar-refractivity contribution < 1.29 is 9.59 Å². The van der Waals surface area contributed by atoms with Gasteiger partial charge in [0, 0.05) is 12.6 Å². The standard InChI is InChI=1S/C23H33N3O2S/c1-15(2)9-11-26-21(27)19-13-20-18(10-12-29-20)25(19)14-23(26,4)22(28)24-17-8-6-5-7-16(17)3/h10,12-13,15-17H,5-9,11,14H2,1-4H3,(H,24,28)/t16-,17+,23-/m1/s1. The van der Waals surface area contributed by atoms with Crippen molar-refractivity contribution in [2.24, 2.45) is 11.8 Å². The average Bonchev–Trinajstić information content (AvgIpc) is 3.25. The Morgan fingerprint density at radius 3 is 2.83 bits per heavy atom. The largest absolute Gasteiger partial charge is 0.351 e. The van der Waals surface area contributed by atoms with Gasteiger partial charge in [0.2, 0.25) is 5.91 Å². The summed E-state index contributed by atoms with van der Waals surface area (Å²) in [5.41, 5.74) is 0.906. The molecule has 0 spiro atoms. The van der Waals surface area contributed by atoms with E-state index < -0.39 is 5.54 Å². The first-order valence-corrected chi connectivity index (χ1v) is 11.9. The van der Waals surface area contributed by atoms with Gasteiger partial charge < -0.3 is 14.8 Å². The smallest absolute Gasteiger partial charge is 0.271 e. The Hall–Kier alpha value is -1.82. The van der Waals surface area contributed by atoms with Crippen molar-refractivity contribution in [2.45, 2.75) is 77.9 Å². The van der Waals surface area contributed by atoms with Gasteiger partial charge in [-0.05, 0) is 55.5 Å². The second kappa shape index (κ2) is 7.78. The monoisotopic (exact) mass is 415 g/mol. The van der Waals surface area contributed by atoms with Crippen LogP contribution in [-0.4, -0.2) is 39.4 Å². The molecule has 6 heteroatoms. The molecular formula is C23H33N3O2S. The molecule has 3 heterocycles. The normalized spacial score (nSPS) is 27.5. The third kappa shape index (κ3) is 3.60. The SMILES string of the molecule is CC(C)CCN1C(=O)c2cc3sccc3n2C[C@]1(C)C(=O)N[C@H]1CCCC[C@H]1C. The zero-order valence-corrected chi connectivity index (χ0v) is 18.8. The molecule has 0 bridgehead atoms. The lowest BCUT2D eigenvalue weighted by molar-refractivity contribution is -0.134. The Bertz CT molecular complexity index is 915. The highest BCUT2D eigenvalue weighted by Gasteiger charge is 2.48. The maximum atomic E-state index is 13.6. The zero-order chi connectivity index (χ0) is 20.8. The van der Waals surface area contributed by atoms with Crippen molar-refractivity contribution in [1.29, 1.82) is 0 Å². The van der Waals surface area contributed by atoms with Crippen molar-refractivity contribution in [1.82, 2.24) is 14.8 Å². The van der Waals surface area contributed by atoms with Crippen LogP contribution < -0.4 is 5.32 Å². The molecule has 2 aromatic heterocycles. The third-order valence-corrected chi connectivity index (χ3v) is 7.75. The van der Waals surface area contributed by atoms with Crippen molar-refractivity contribution in [3.05, 3.63) is 23.2 Å². The number of rotatable bonds is 5. The Balaban J connectivity index is 1.68. The summed E-state index contributed by atoms with van der Waals surface area (Å²) in [6.07, 6.45) is 5.50. The van der Waals surface area contributed by atoms with Crippen LogP contribution in [0.3, 0.4) is 0 Å². The topological polar surface area (TPSA) is 54.3 Å². The maximum Gasteiger partial charge on any atom is 0.271 e. The predicted octanol–water partition coefficient (Wildman–Crippen LogP) is 4.66. The van der Waals surface area contributed by atoms with E-state index in [0.29, 0.717) is 30.6 Å². The van der Waals surface area contributed by atoms with E-state index in [4.69, 9.17) is 0 Å². The number of thiophene rings is 1. The predicted molar refractivity (Wildman–Crippen MR) is 118 cm³/mol. The molecule has 3 atom stereocenters. The Morgan fingerprint density at radius 2 is 2.10 bits per heavy atom. The van der Waals surface area contributed by atoms with E-state index in [9.17, 15) is 9.59 Å². The van der Waals surface area contributed by atoms with Gasteiger partial charge in [0.1, 0.15) is 11.2 Å². The van der Waals surface area contributed by atoms with E-state index in [0.717, 1.165) is 29.5 Å². The summed E-state index contributed by atoms with van der Waals surface area (Å²) < 4.78 is 3.17. The highest BCUT2D eigenvalue weighted by atomic mass is 32.1. The molecule has 5 nitrogen and oxygen atoms in total. The van der Waals surface area contributed by atoms with Crippen molar-refractivity contribution in [2.75, 3.05) is 6.54 Å². The minimum atomic E-state index is -0.871. The number of nitrogens with zero attached hydrogens (tertiary/aromatic N) is 2. The second-order valence-electron chi connectivity index (χ2n) is 9.54. The molecule has 1 aliphatic heterocycles. The fraction of sp³-hybridized carbons (Fsp3) is 0.652. The van der Waals surface area contributed by atoms with E-state index in [1.54, 1.807) is 11.3 Å². The summed E-state index contributed by atoms with van der Waals surface area (Å²) in [5.74, 6) is 0.946. The van der Waals surface area contributed by atoms with Gasteiger partial charge >= 0.3 is 0 Å². The summed E-state index contributed by atoms with van der Waals surface area (Å²) >= 11 is 1.65. The number of fused-ring (bicyclic) bond motifs is 3. The lowest BCUT2D eigenvalue weighted by atomic mass is 9.85. The Kier molecular flexibility index (Phi) is 5.49. The number of nitrogens with one attached hydrogen (secondary N) is 1. The zero-order valence-electron chi connectivity index (χ0n) is 18.0. The maximum absolute atomic E-state index is 13.6. The van der Waals surface area contributed by atoms with Crippen molar-refractivity contribution in [3.8, 4) is 0 Å². The highest BCUT2D eigenvalue weighted by molar-refractivity contribution is 7.17. The Labute approximate surface area is 177 Å². The molecule has 1 fully saturated rings. The van der Waals surface area contributed by atoms with Crippen LogP contribution in [0.2, 0.25) is 0 Å². The molecule has 2 aliphatic rings. The molecule has 0 radical (unpaired) electrons. The van der Waals surface area contributed by atoms with Gasteiger partial charge in [-0.3, -0.25) is 9.59 Å². The van der Waals surface area contributed by atoms with E-state index in [1.165, 1.54) is 12.8 Å². The minimum absolute atomic E-state index is 0.00362. The molecular weight excluding hydrogens is 382 g/mol. The molecule has 4 rings (SSSR count). The summed E-state index contributed by atoms with van der Waals surface area (Å²) in [6, 6.07) is 4.26. The quantitative estimate of drug-likeness (QED) is 0.772. The van der Waals surface area contributed by atoms with Crippen LogP contribution in [0.5, 0.6) is 0 Å². The van der Waals surface area contributed by atoms with Crippen LogP contribution >= 0.6 is 11.3 Å². The molecule has 1 saturated carbocycles. The second-order valence-corrected chi connectivity index (χ2v) is 10.5. The van der Waals surface area contributed by atoms with Crippen LogP contribution in [0.4, 0.5) is 0 Å². The van der Waals surface area contributed by atoms with Crippen LogP contribution in [0.15, 0.2) is 17.5 Å². The molecule has 1 N–H and O–H groups in total. The number of carbonyl (C=O) groups is 2. The summed E-state index contributed by atoms with van der Waals surface area (Å²) in [6.45, 7) is 9.63. The van der Waals surface area contributed by atoms with Crippen LogP contribution in [0, 0.1) is 11.8 Å². The van der Waals surface area contributed by atoms with Gasteiger partial charge in [-0.1, -0.05) is 33.6 Å². The van der Waals surface area contributed by atoms with Crippen LogP contribution in [0.25, 0.3) is 10.2 Å². The molecule has 1 aliphatic carbocycles. The van der Waals surface area contributed by atoms with Crippen molar-refractivity contribution >= 4 is 33.4 Å². The first kappa shape index (κ1) is 20.5. The van der Waals surface area contributed by atoms with Crippen LogP contribution in [-0.2, 0) is 11.3 Å². The number of hydrogen-bond acceptors (Lipinski definition) is 3. The van der Waals surface area contributed by atoms with Crippen molar-refractivity contribution in [3.63, 3.8) is 0 Å². The first-order valence-electron chi connectivity index (χ1n) is 11.0. The van der Waals surface area contributed by atoms with Gasteiger partial charge in [0.05, 0.1) is 16.8 Å². The number of amides is 2. The Morgan fingerprint density at radius 1 is 1.34 bits per heavy atom. The van der Waals surface area contributed by atoms with Gasteiger partial charge in [-0.25, -0.2) is 0 Å². The van der Waals surface area contributed by atoms with E-state index >= 15 is 0 Å².